The summed E-state index contributed by atoms with van der Waals surface area (Å²) in [6, 6.07) is 11.4. The molecule has 1 unspecified atom stereocenters. The lowest BCUT2D eigenvalue weighted by Gasteiger charge is -2.45. The number of carbonyl (C=O) groups excluding carboxylic acids is 3. The highest BCUT2D eigenvalue weighted by atomic mass is 35.5. The van der Waals surface area contributed by atoms with E-state index in [1.807, 2.05) is 7.05 Å². The zero-order valence-corrected chi connectivity index (χ0v) is 21.5. The fourth-order valence-corrected chi connectivity index (χ4v) is 5.51. The van der Waals surface area contributed by atoms with Crippen LogP contribution in [0.2, 0.25) is 5.02 Å². The van der Waals surface area contributed by atoms with Gasteiger partial charge in [-0.2, -0.15) is 0 Å². The molecular weight excluding hydrogens is 499 g/mol. The molecule has 3 heterocycles. The van der Waals surface area contributed by atoms with Gasteiger partial charge in [0.25, 0.3) is 11.8 Å². The van der Waals surface area contributed by atoms with Gasteiger partial charge < -0.3 is 19.4 Å². The lowest BCUT2D eigenvalue weighted by Crippen LogP contribution is -2.61. The van der Waals surface area contributed by atoms with E-state index in [9.17, 15) is 18.8 Å². The Labute approximate surface area is 220 Å². The first-order chi connectivity index (χ1) is 17.8. The SMILES string of the molecule is CN1CCN(C(=O)C2COC3(CCN(C(=O)c4ccc(Cl)cc4)CC3)N2C(=O)c2cccc(F)c2)CC1. The number of carbonyl (C=O) groups is 3. The molecule has 5 rings (SSSR count). The zero-order valence-electron chi connectivity index (χ0n) is 20.7. The van der Waals surface area contributed by atoms with Crippen molar-refractivity contribution in [3.63, 3.8) is 0 Å². The smallest absolute Gasteiger partial charge is 0.256 e. The van der Waals surface area contributed by atoms with Gasteiger partial charge in [-0.3, -0.25) is 19.3 Å². The highest BCUT2D eigenvalue weighted by molar-refractivity contribution is 6.30. The molecule has 0 aromatic heterocycles. The molecule has 1 spiro atoms. The van der Waals surface area contributed by atoms with Crippen LogP contribution in [0.3, 0.4) is 0 Å². The minimum Gasteiger partial charge on any atom is -0.353 e. The lowest BCUT2D eigenvalue weighted by atomic mass is 9.96. The summed E-state index contributed by atoms with van der Waals surface area (Å²) in [6.45, 7) is 3.42. The van der Waals surface area contributed by atoms with Crippen molar-refractivity contribution in [2.45, 2.75) is 24.6 Å². The van der Waals surface area contributed by atoms with Gasteiger partial charge in [-0.05, 0) is 49.5 Å². The molecule has 37 heavy (non-hydrogen) atoms. The number of likely N-dealkylation sites (tertiary alicyclic amines) is 1. The van der Waals surface area contributed by atoms with Gasteiger partial charge in [-0.25, -0.2) is 4.39 Å². The predicted octanol–water partition coefficient (Wildman–Crippen LogP) is 2.73. The number of nitrogens with zero attached hydrogens (tertiary/aromatic N) is 4. The highest BCUT2D eigenvalue weighted by Gasteiger charge is 2.55. The minimum absolute atomic E-state index is 0.0668. The molecule has 196 valence electrons. The molecule has 1 atom stereocenters. The fourth-order valence-electron chi connectivity index (χ4n) is 5.39. The molecule has 0 N–H and O–H groups in total. The summed E-state index contributed by atoms with van der Waals surface area (Å²) in [4.78, 5) is 47.6. The Bertz CT molecular complexity index is 1180. The number of likely N-dealkylation sites (N-methyl/N-ethyl adjacent to an activating group) is 1. The van der Waals surface area contributed by atoms with E-state index in [0.29, 0.717) is 49.6 Å². The molecule has 0 aliphatic carbocycles. The molecule has 0 saturated carbocycles. The number of amides is 3. The molecule has 2 aromatic rings. The van der Waals surface area contributed by atoms with Crippen molar-refractivity contribution < 1.29 is 23.5 Å². The van der Waals surface area contributed by atoms with Crippen LogP contribution in [0, 0.1) is 5.82 Å². The molecule has 3 fully saturated rings. The van der Waals surface area contributed by atoms with Crippen LogP contribution in [0.15, 0.2) is 48.5 Å². The first-order valence-electron chi connectivity index (χ1n) is 12.5. The second kappa shape index (κ2) is 10.4. The van der Waals surface area contributed by atoms with Crippen molar-refractivity contribution >= 4 is 29.3 Å². The third-order valence-corrected chi connectivity index (χ3v) is 7.83. The van der Waals surface area contributed by atoms with Crippen LogP contribution in [0.1, 0.15) is 33.6 Å². The van der Waals surface area contributed by atoms with E-state index in [4.69, 9.17) is 16.3 Å². The molecule has 2 aromatic carbocycles. The highest BCUT2D eigenvalue weighted by Crippen LogP contribution is 2.39. The predicted molar refractivity (Wildman–Crippen MR) is 136 cm³/mol. The molecule has 3 aliphatic rings. The monoisotopic (exact) mass is 528 g/mol. The molecule has 3 amide bonds. The number of piperidine rings is 1. The summed E-state index contributed by atoms with van der Waals surface area (Å²) in [6.07, 6.45) is 0.694. The number of hydrogen-bond acceptors (Lipinski definition) is 5. The number of hydrogen-bond donors (Lipinski definition) is 0. The van der Waals surface area contributed by atoms with Crippen LogP contribution in [-0.2, 0) is 9.53 Å². The maximum atomic E-state index is 14.0. The molecule has 8 nitrogen and oxygen atoms in total. The van der Waals surface area contributed by atoms with E-state index >= 15 is 0 Å². The van der Waals surface area contributed by atoms with E-state index in [0.717, 1.165) is 13.1 Å². The Morgan fingerprint density at radius 3 is 2.22 bits per heavy atom. The molecule has 0 radical (unpaired) electrons. The first kappa shape index (κ1) is 25.6. The van der Waals surface area contributed by atoms with Crippen LogP contribution in [0.25, 0.3) is 0 Å². The van der Waals surface area contributed by atoms with Crippen LogP contribution in [0.4, 0.5) is 4.39 Å². The van der Waals surface area contributed by atoms with Gasteiger partial charge in [0.15, 0.2) is 0 Å². The van der Waals surface area contributed by atoms with Gasteiger partial charge in [0.05, 0.1) is 6.61 Å². The average Bonchev–Trinajstić information content (AvgIpc) is 3.27. The summed E-state index contributed by atoms with van der Waals surface area (Å²) in [5.41, 5.74) is -0.350. The number of rotatable bonds is 3. The Balaban J connectivity index is 1.39. The van der Waals surface area contributed by atoms with Crippen LogP contribution in [0.5, 0.6) is 0 Å². The van der Waals surface area contributed by atoms with Crippen molar-refractivity contribution in [3.05, 3.63) is 70.5 Å². The largest absolute Gasteiger partial charge is 0.353 e. The molecule has 3 saturated heterocycles. The van der Waals surface area contributed by atoms with Gasteiger partial charge in [-0.1, -0.05) is 17.7 Å². The van der Waals surface area contributed by atoms with Crippen molar-refractivity contribution in [2.75, 3.05) is 52.9 Å². The molecule has 10 heteroatoms. The number of halogens is 2. The van der Waals surface area contributed by atoms with E-state index in [-0.39, 0.29) is 24.0 Å². The van der Waals surface area contributed by atoms with Crippen molar-refractivity contribution in [3.8, 4) is 0 Å². The van der Waals surface area contributed by atoms with Crippen LogP contribution in [-0.4, -0.2) is 102 Å². The zero-order chi connectivity index (χ0) is 26.2. The topological polar surface area (TPSA) is 73.4 Å². The quantitative estimate of drug-likeness (QED) is 0.612. The summed E-state index contributed by atoms with van der Waals surface area (Å²) >= 11 is 5.96. The fraction of sp³-hybridized carbons (Fsp3) is 0.444. The van der Waals surface area contributed by atoms with Crippen LogP contribution < -0.4 is 0 Å². The van der Waals surface area contributed by atoms with Gasteiger partial charge in [0.2, 0.25) is 5.91 Å². The Hall–Kier alpha value is -3.01. The maximum absolute atomic E-state index is 14.0. The summed E-state index contributed by atoms with van der Waals surface area (Å²) in [7, 11) is 2.01. The number of ether oxygens (including phenoxy) is 1. The van der Waals surface area contributed by atoms with Crippen molar-refractivity contribution in [2.24, 2.45) is 0 Å². The van der Waals surface area contributed by atoms with Crippen molar-refractivity contribution in [1.29, 1.82) is 0 Å². The molecule has 0 bridgehead atoms. The minimum atomic E-state index is -1.05. The van der Waals surface area contributed by atoms with Gasteiger partial charge >= 0.3 is 0 Å². The summed E-state index contributed by atoms with van der Waals surface area (Å²) in [5, 5.41) is 0.552. The Kier molecular flexibility index (Phi) is 7.20. The maximum Gasteiger partial charge on any atom is 0.256 e. The first-order valence-corrected chi connectivity index (χ1v) is 12.9. The molecular formula is C27H30ClFN4O4. The molecule has 3 aliphatic heterocycles. The third-order valence-electron chi connectivity index (χ3n) is 7.57. The van der Waals surface area contributed by atoms with E-state index in [1.165, 1.54) is 23.1 Å². The van der Waals surface area contributed by atoms with Crippen molar-refractivity contribution in [1.82, 2.24) is 19.6 Å². The standard InChI is InChI=1S/C27H30ClFN4O4/c1-30-13-15-32(16-14-30)26(36)23-18-37-27(33(23)25(35)20-3-2-4-22(29)17-20)9-11-31(12-10-27)24(34)19-5-7-21(28)8-6-19/h2-8,17,23H,9-16,18H2,1H3. The van der Waals surface area contributed by atoms with Gasteiger partial charge in [0, 0.05) is 68.3 Å². The Morgan fingerprint density at radius 1 is 0.892 bits per heavy atom. The average molecular weight is 529 g/mol. The lowest BCUT2D eigenvalue weighted by molar-refractivity contribution is -0.139. The second-order valence-corrected chi connectivity index (χ2v) is 10.3. The number of benzene rings is 2. The van der Waals surface area contributed by atoms with E-state index in [1.54, 1.807) is 40.1 Å². The summed E-state index contributed by atoms with van der Waals surface area (Å²) in [5.74, 6) is -1.25. The van der Waals surface area contributed by atoms with E-state index < -0.39 is 23.5 Å². The van der Waals surface area contributed by atoms with Gasteiger partial charge in [0.1, 0.15) is 17.6 Å². The van der Waals surface area contributed by atoms with Gasteiger partial charge in [-0.15, -0.1) is 0 Å². The Morgan fingerprint density at radius 2 is 1.57 bits per heavy atom. The van der Waals surface area contributed by atoms with Crippen LogP contribution >= 0.6 is 11.6 Å². The third kappa shape index (κ3) is 5.08. The van der Waals surface area contributed by atoms with E-state index in [2.05, 4.69) is 4.90 Å². The summed E-state index contributed by atoms with van der Waals surface area (Å²) < 4.78 is 20.3. The normalized spacial score (nSPS) is 21.9. The number of piperazine rings is 1. The second-order valence-electron chi connectivity index (χ2n) is 9.89.